The zero-order valence-corrected chi connectivity index (χ0v) is 6.22. The van der Waals surface area contributed by atoms with Crippen molar-refractivity contribution in [2.45, 2.75) is 0 Å². The Kier molecular flexibility index (Phi) is 5.14. The maximum Gasteiger partial charge on any atom is 0.144 e. The molecule has 0 aromatic heterocycles. The van der Waals surface area contributed by atoms with Crippen molar-refractivity contribution in [1.29, 1.82) is 0 Å². The van der Waals surface area contributed by atoms with Gasteiger partial charge in [0.1, 0.15) is 6.29 Å². The molecule has 0 saturated heterocycles. The molecule has 2 N–H and O–H groups in total. The Labute approximate surface area is 60.8 Å². The van der Waals surface area contributed by atoms with Crippen molar-refractivity contribution < 1.29 is 4.79 Å². The first kappa shape index (κ1) is 8.75. The standard InChI is InChI=1S/C7H12N2O/c1-8-5-3-7(9-2)4-6-10/h3-6,8-9H,1-2H3/b5-3-,7-4+. The number of carbonyl (C=O) groups excluding carboxylic acids is 1. The molecule has 3 heteroatoms. The van der Waals surface area contributed by atoms with E-state index in [9.17, 15) is 4.79 Å². The summed E-state index contributed by atoms with van der Waals surface area (Å²) in [6.07, 6.45) is 5.71. The molecule has 0 aromatic rings. The Balaban J connectivity index is 3.94. The van der Waals surface area contributed by atoms with E-state index < -0.39 is 0 Å². The van der Waals surface area contributed by atoms with Gasteiger partial charge in [0.25, 0.3) is 0 Å². The maximum atomic E-state index is 9.97. The van der Waals surface area contributed by atoms with Crippen LogP contribution in [0, 0.1) is 0 Å². The van der Waals surface area contributed by atoms with E-state index in [0.717, 1.165) is 12.0 Å². The Hall–Kier alpha value is -1.25. The summed E-state index contributed by atoms with van der Waals surface area (Å²) in [6.45, 7) is 0. The topological polar surface area (TPSA) is 41.1 Å². The molecule has 0 saturated carbocycles. The summed E-state index contributed by atoms with van der Waals surface area (Å²) >= 11 is 0. The third-order valence-electron chi connectivity index (χ3n) is 0.966. The third kappa shape index (κ3) is 3.72. The number of allylic oxidation sites excluding steroid dienone is 2. The molecule has 0 rings (SSSR count). The van der Waals surface area contributed by atoms with E-state index >= 15 is 0 Å². The molecule has 0 aliphatic rings. The summed E-state index contributed by atoms with van der Waals surface area (Å²) in [7, 11) is 3.56. The van der Waals surface area contributed by atoms with Crippen molar-refractivity contribution in [3.05, 3.63) is 24.0 Å². The molecule has 0 bridgehead atoms. The van der Waals surface area contributed by atoms with Crippen molar-refractivity contribution in [3.8, 4) is 0 Å². The summed E-state index contributed by atoms with van der Waals surface area (Å²) in [5.74, 6) is 0. The van der Waals surface area contributed by atoms with Gasteiger partial charge in [0.2, 0.25) is 0 Å². The number of nitrogens with one attached hydrogen (secondary N) is 2. The molecular weight excluding hydrogens is 128 g/mol. The van der Waals surface area contributed by atoms with Crippen LogP contribution in [0.15, 0.2) is 24.0 Å². The van der Waals surface area contributed by atoms with Crippen LogP contribution in [0.25, 0.3) is 0 Å². The number of hydrogen-bond acceptors (Lipinski definition) is 3. The number of carbonyl (C=O) groups is 1. The van der Waals surface area contributed by atoms with Gasteiger partial charge in [-0.15, -0.1) is 0 Å². The summed E-state index contributed by atoms with van der Waals surface area (Å²) in [5.41, 5.74) is 0.782. The molecule has 0 aliphatic heterocycles. The van der Waals surface area contributed by atoms with Gasteiger partial charge < -0.3 is 10.6 Å². The first-order valence-corrected chi connectivity index (χ1v) is 3.02. The number of rotatable bonds is 4. The molecule has 0 heterocycles. The molecule has 0 atom stereocenters. The maximum absolute atomic E-state index is 9.97. The summed E-state index contributed by atoms with van der Waals surface area (Å²) < 4.78 is 0. The Morgan fingerprint density at radius 2 is 2.10 bits per heavy atom. The van der Waals surface area contributed by atoms with Crippen LogP contribution in [-0.4, -0.2) is 20.4 Å². The average molecular weight is 140 g/mol. The molecule has 56 valence electrons. The second-order valence-corrected chi connectivity index (χ2v) is 1.63. The minimum atomic E-state index is 0.742. The van der Waals surface area contributed by atoms with E-state index in [2.05, 4.69) is 10.6 Å². The highest BCUT2D eigenvalue weighted by atomic mass is 16.1. The smallest absolute Gasteiger partial charge is 0.144 e. The lowest BCUT2D eigenvalue weighted by atomic mass is 10.4. The fourth-order valence-electron chi connectivity index (χ4n) is 0.469. The van der Waals surface area contributed by atoms with E-state index in [4.69, 9.17) is 0 Å². The fraction of sp³-hybridized carbons (Fsp3) is 0.286. The fourth-order valence-corrected chi connectivity index (χ4v) is 0.469. The van der Waals surface area contributed by atoms with Gasteiger partial charge in [-0.25, -0.2) is 0 Å². The highest BCUT2D eigenvalue weighted by molar-refractivity contribution is 5.66. The second kappa shape index (κ2) is 5.88. The van der Waals surface area contributed by atoms with Crippen LogP contribution < -0.4 is 10.6 Å². The van der Waals surface area contributed by atoms with Crippen molar-refractivity contribution in [1.82, 2.24) is 10.6 Å². The Morgan fingerprint density at radius 3 is 2.50 bits per heavy atom. The molecule has 10 heavy (non-hydrogen) atoms. The molecular formula is C7H12N2O. The number of hydrogen-bond donors (Lipinski definition) is 2. The van der Waals surface area contributed by atoms with E-state index in [0.29, 0.717) is 0 Å². The molecule has 0 spiro atoms. The van der Waals surface area contributed by atoms with E-state index in [1.165, 1.54) is 6.08 Å². The van der Waals surface area contributed by atoms with Gasteiger partial charge in [0.15, 0.2) is 0 Å². The number of likely N-dealkylation sites (N-methyl/N-ethyl adjacent to an activating group) is 1. The van der Waals surface area contributed by atoms with E-state index in [1.807, 2.05) is 0 Å². The summed E-state index contributed by atoms with van der Waals surface area (Å²) in [4.78, 5) is 9.97. The van der Waals surface area contributed by atoms with Gasteiger partial charge in [-0.3, -0.25) is 4.79 Å². The zero-order chi connectivity index (χ0) is 7.82. The largest absolute Gasteiger partial charge is 0.394 e. The van der Waals surface area contributed by atoms with Crippen LogP contribution in [0.2, 0.25) is 0 Å². The van der Waals surface area contributed by atoms with Crippen molar-refractivity contribution >= 4 is 6.29 Å². The first-order chi connectivity index (χ1) is 4.85. The van der Waals surface area contributed by atoms with Gasteiger partial charge >= 0.3 is 0 Å². The van der Waals surface area contributed by atoms with Crippen LogP contribution in [0.4, 0.5) is 0 Å². The predicted molar refractivity (Wildman–Crippen MR) is 41.4 cm³/mol. The molecule has 0 aromatic carbocycles. The highest BCUT2D eigenvalue weighted by Crippen LogP contribution is 1.85. The van der Waals surface area contributed by atoms with Crippen LogP contribution in [-0.2, 0) is 4.79 Å². The van der Waals surface area contributed by atoms with Crippen LogP contribution >= 0.6 is 0 Å². The summed E-state index contributed by atoms with van der Waals surface area (Å²) in [5, 5.41) is 5.65. The minimum Gasteiger partial charge on any atom is -0.394 e. The van der Waals surface area contributed by atoms with E-state index in [-0.39, 0.29) is 0 Å². The van der Waals surface area contributed by atoms with Gasteiger partial charge in [-0.05, 0) is 12.3 Å². The van der Waals surface area contributed by atoms with Crippen LogP contribution in [0.1, 0.15) is 0 Å². The van der Waals surface area contributed by atoms with E-state index in [1.54, 1.807) is 26.4 Å². The zero-order valence-electron chi connectivity index (χ0n) is 6.22. The van der Waals surface area contributed by atoms with Crippen molar-refractivity contribution in [2.24, 2.45) is 0 Å². The molecule has 0 amide bonds. The highest BCUT2D eigenvalue weighted by Gasteiger charge is 1.81. The molecule has 0 unspecified atom stereocenters. The third-order valence-corrected chi connectivity index (χ3v) is 0.966. The number of aldehydes is 1. The lowest BCUT2D eigenvalue weighted by molar-refractivity contribution is -0.104. The molecule has 0 aliphatic carbocycles. The van der Waals surface area contributed by atoms with Gasteiger partial charge in [-0.1, -0.05) is 0 Å². The average Bonchev–Trinajstić information content (AvgIpc) is 1.98. The van der Waals surface area contributed by atoms with Crippen LogP contribution in [0.5, 0.6) is 0 Å². The first-order valence-electron chi connectivity index (χ1n) is 3.02. The summed E-state index contributed by atoms with van der Waals surface area (Å²) in [6, 6.07) is 0. The SMILES string of the molecule is CN/C=C\C(=C/C=O)NC. The van der Waals surface area contributed by atoms with Gasteiger partial charge in [0, 0.05) is 25.9 Å². The predicted octanol–water partition coefficient (Wildman–Crippen LogP) is 0.0217. The normalized spacial score (nSPS) is 11.6. The lowest BCUT2D eigenvalue weighted by Gasteiger charge is -1.96. The van der Waals surface area contributed by atoms with Crippen molar-refractivity contribution in [3.63, 3.8) is 0 Å². The monoisotopic (exact) mass is 140 g/mol. The van der Waals surface area contributed by atoms with Gasteiger partial charge in [0.05, 0.1) is 0 Å². The van der Waals surface area contributed by atoms with Gasteiger partial charge in [-0.2, -0.15) is 0 Å². The Morgan fingerprint density at radius 1 is 1.40 bits per heavy atom. The quantitative estimate of drug-likeness (QED) is 0.328. The lowest BCUT2D eigenvalue weighted by Crippen LogP contribution is -2.04. The molecule has 0 radical (unpaired) electrons. The van der Waals surface area contributed by atoms with Crippen LogP contribution in [0.3, 0.4) is 0 Å². The van der Waals surface area contributed by atoms with Crippen molar-refractivity contribution in [2.75, 3.05) is 14.1 Å². The Bertz CT molecular complexity index is 150. The molecule has 0 fully saturated rings. The second-order valence-electron chi connectivity index (χ2n) is 1.63. The minimum absolute atomic E-state index is 0.742. The molecule has 3 nitrogen and oxygen atoms in total.